The molecule has 35 heavy (non-hydrogen) atoms. The van der Waals surface area contributed by atoms with Gasteiger partial charge in [0, 0.05) is 18.7 Å². The number of carbonyl (C=O) groups excluding carboxylic acids is 4. The number of esters is 1. The van der Waals surface area contributed by atoms with Crippen LogP contribution in [0.1, 0.15) is 38.2 Å². The Hall–Kier alpha value is -3.48. The summed E-state index contributed by atoms with van der Waals surface area (Å²) >= 11 is 0. The van der Waals surface area contributed by atoms with Gasteiger partial charge in [0.15, 0.2) is 0 Å². The van der Waals surface area contributed by atoms with Crippen LogP contribution >= 0.6 is 0 Å². The molecule has 0 N–H and O–H groups in total. The van der Waals surface area contributed by atoms with E-state index in [1.165, 1.54) is 4.90 Å². The number of amides is 3. The molecule has 0 aromatic heterocycles. The molecule has 0 spiro atoms. The fourth-order valence-electron chi connectivity index (χ4n) is 6.70. The molecule has 4 fully saturated rings. The Morgan fingerprint density at radius 3 is 2.26 bits per heavy atom. The highest BCUT2D eigenvalue weighted by Crippen LogP contribution is 2.56. The highest BCUT2D eigenvalue weighted by atomic mass is 16.5. The quantitative estimate of drug-likeness (QED) is 0.376. The van der Waals surface area contributed by atoms with Crippen molar-refractivity contribution in [2.24, 2.45) is 29.6 Å². The van der Waals surface area contributed by atoms with E-state index in [0.29, 0.717) is 23.3 Å². The molecule has 2 aromatic carbocycles. The van der Waals surface area contributed by atoms with Gasteiger partial charge in [0.1, 0.15) is 5.75 Å². The molecule has 5 atom stereocenters. The fourth-order valence-corrected chi connectivity index (χ4v) is 6.70. The summed E-state index contributed by atoms with van der Waals surface area (Å²) in [4.78, 5) is 54.5. The predicted octanol–water partition coefficient (Wildman–Crippen LogP) is 3.74. The molecule has 2 bridgehead atoms. The van der Waals surface area contributed by atoms with Gasteiger partial charge in [-0.1, -0.05) is 25.1 Å². The first-order valence-electron chi connectivity index (χ1n) is 12.5. The van der Waals surface area contributed by atoms with E-state index in [9.17, 15) is 19.2 Å². The molecule has 180 valence electrons. The maximum Gasteiger partial charge on any atom is 0.316 e. The van der Waals surface area contributed by atoms with Gasteiger partial charge in [-0.3, -0.25) is 24.1 Å². The number of fused-ring (bicyclic) bond motifs is 5. The zero-order valence-corrected chi connectivity index (χ0v) is 19.7. The van der Waals surface area contributed by atoms with Gasteiger partial charge in [-0.05, 0) is 73.4 Å². The van der Waals surface area contributed by atoms with Crippen LogP contribution in [0.2, 0.25) is 0 Å². The molecular weight excluding hydrogens is 444 g/mol. The molecule has 2 heterocycles. The number of aryl methyl sites for hydroxylation is 1. The largest absolute Gasteiger partial charge is 0.426 e. The first kappa shape index (κ1) is 22.0. The standard InChI is InChI=1S/C28H28N2O5/c1-2-16-5-3-4-6-22(16)29-15-19(14-23(29)31)28(34)35-21-11-9-20(10-12-21)30-26(32)24-17-7-8-18(13-17)25(24)27(30)33/h3-6,9-12,17-19,24-25H,2,7-8,13-15H2,1H3/t17-,18-,19+,24-,25-/m0/s1. The van der Waals surface area contributed by atoms with E-state index < -0.39 is 11.9 Å². The van der Waals surface area contributed by atoms with E-state index in [1.54, 1.807) is 29.2 Å². The third kappa shape index (κ3) is 3.48. The number of rotatable bonds is 5. The van der Waals surface area contributed by atoms with Gasteiger partial charge in [0.2, 0.25) is 17.7 Å². The number of anilines is 2. The van der Waals surface area contributed by atoms with Crippen LogP contribution < -0.4 is 14.5 Å². The summed E-state index contributed by atoms with van der Waals surface area (Å²) in [5.41, 5.74) is 2.43. The Morgan fingerprint density at radius 2 is 1.60 bits per heavy atom. The summed E-state index contributed by atoms with van der Waals surface area (Å²) in [6.07, 6.45) is 3.99. The molecule has 2 aliphatic carbocycles. The van der Waals surface area contributed by atoms with Crippen molar-refractivity contribution in [3.05, 3.63) is 54.1 Å². The molecule has 3 amide bonds. The second kappa shape index (κ2) is 8.33. The lowest BCUT2D eigenvalue weighted by Gasteiger charge is -2.20. The van der Waals surface area contributed by atoms with Crippen LogP contribution in [0, 0.1) is 29.6 Å². The predicted molar refractivity (Wildman–Crippen MR) is 129 cm³/mol. The Labute approximate surface area is 204 Å². The van der Waals surface area contributed by atoms with Gasteiger partial charge in [0.05, 0.1) is 23.4 Å². The number of nitrogens with zero attached hydrogens (tertiary/aromatic N) is 2. The summed E-state index contributed by atoms with van der Waals surface area (Å²) in [6, 6.07) is 14.3. The molecule has 2 saturated carbocycles. The second-order valence-electron chi connectivity index (χ2n) is 10.2. The van der Waals surface area contributed by atoms with Crippen molar-refractivity contribution >= 4 is 35.1 Å². The summed E-state index contributed by atoms with van der Waals surface area (Å²) in [6.45, 7) is 2.32. The maximum absolute atomic E-state index is 13.0. The van der Waals surface area contributed by atoms with Crippen LogP contribution in [0.4, 0.5) is 11.4 Å². The number of ether oxygens (including phenoxy) is 1. The van der Waals surface area contributed by atoms with Crippen molar-refractivity contribution in [1.29, 1.82) is 0 Å². The summed E-state index contributed by atoms with van der Waals surface area (Å²) < 4.78 is 5.57. The molecule has 2 aliphatic heterocycles. The van der Waals surface area contributed by atoms with E-state index in [1.807, 2.05) is 31.2 Å². The lowest BCUT2D eigenvalue weighted by Crippen LogP contribution is -2.32. The van der Waals surface area contributed by atoms with E-state index >= 15 is 0 Å². The molecule has 0 unspecified atom stereocenters. The van der Waals surface area contributed by atoms with Gasteiger partial charge in [-0.25, -0.2) is 0 Å². The van der Waals surface area contributed by atoms with Crippen LogP contribution in [0.5, 0.6) is 5.75 Å². The molecule has 4 aliphatic rings. The van der Waals surface area contributed by atoms with E-state index in [2.05, 4.69) is 0 Å². The number of hydrogen-bond acceptors (Lipinski definition) is 5. The molecule has 7 nitrogen and oxygen atoms in total. The van der Waals surface area contributed by atoms with E-state index in [-0.39, 0.29) is 42.5 Å². The van der Waals surface area contributed by atoms with Gasteiger partial charge < -0.3 is 9.64 Å². The highest BCUT2D eigenvalue weighted by molar-refractivity contribution is 6.22. The van der Waals surface area contributed by atoms with Crippen molar-refractivity contribution < 1.29 is 23.9 Å². The minimum absolute atomic E-state index is 0.0890. The zero-order valence-electron chi connectivity index (χ0n) is 19.7. The second-order valence-corrected chi connectivity index (χ2v) is 10.2. The smallest absolute Gasteiger partial charge is 0.316 e. The van der Waals surface area contributed by atoms with E-state index in [0.717, 1.165) is 36.9 Å². The average Bonchev–Trinajstić information content (AvgIpc) is 3.63. The summed E-state index contributed by atoms with van der Waals surface area (Å²) in [5, 5.41) is 0. The minimum atomic E-state index is -0.552. The number of hydrogen-bond donors (Lipinski definition) is 0. The van der Waals surface area contributed by atoms with Crippen LogP contribution in [0.25, 0.3) is 0 Å². The zero-order chi connectivity index (χ0) is 24.3. The Balaban J connectivity index is 1.13. The SMILES string of the molecule is CCc1ccccc1N1C[C@H](C(=O)Oc2ccc(N3C(=O)[C@H]4[C@H]5CC[C@@H](C5)[C@@H]4C3=O)cc2)CC1=O. The first-order chi connectivity index (χ1) is 17.0. The number of carbonyl (C=O) groups is 4. The third-order valence-electron chi connectivity index (χ3n) is 8.36. The van der Waals surface area contributed by atoms with Crippen LogP contribution in [0.15, 0.2) is 48.5 Å². The normalized spacial score (nSPS) is 29.3. The molecular formula is C28H28N2O5. The molecule has 0 radical (unpaired) electrons. The third-order valence-corrected chi connectivity index (χ3v) is 8.36. The van der Waals surface area contributed by atoms with Crippen molar-refractivity contribution in [3.63, 3.8) is 0 Å². The van der Waals surface area contributed by atoms with Crippen molar-refractivity contribution in [1.82, 2.24) is 0 Å². The number of benzene rings is 2. The van der Waals surface area contributed by atoms with Crippen molar-refractivity contribution in [3.8, 4) is 5.75 Å². The first-order valence-corrected chi connectivity index (χ1v) is 12.5. The number of para-hydroxylation sites is 1. The monoisotopic (exact) mass is 472 g/mol. The van der Waals surface area contributed by atoms with Gasteiger partial charge in [-0.2, -0.15) is 0 Å². The van der Waals surface area contributed by atoms with Crippen molar-refractivity contribution in [2.45, 2.75) is 39.0 Å². The molecule has 2 saturated heterocycles. The Kier molecular flexibility index (Phi) is 5.24. The topological polar surface area (TPSA) is 84.0 Å². The summed E-state index contributed by atoms with van der Waals surface area (Å²) in [7, 11) is 0. The molecule has 7 heteroatoms. The number of imide groups is 1. The van der Waals surface area contributed by atoms with Crippen molar-refractivity contribution in [2.75, 3.05) is 16.3 Å². The van der Waals surface area contributed by atoms with Crippen LogP contribution in [0.3, 0.4) is 0 Å². The van der Waals surface area contributed by atoms with Gasteiger partial charge in [0.25, 0.3) is 0 Å². The van der Waals surface area contributed by atoms with E-state index in [4.69, 9.17) is 4.74 Å². The lowest BCUT2D eigenvalue weighted by molar-refractivity contribution is -0.139. The lowest BCUT2D eigenvalue weighted by atomic mass is 9.81. The highest BCUT2D eigenvalue weighted by Gasteiger charge is 2.61. The Bertz CT molecular complexity index is 1190. The van der Waals surface area contributed by atoms with Gasteiger partial charge >= 0.3 is 5.97 Å². The van der Waals surface area contributed by atoms with Gasteiger partial charge in [-0.15, -0.1) is 0 Å². The summed E-state index contributed by atoms with van der Waals surface area (Å²) in [5.74, 6) is -0.603. The molecule has 2 aromatic rings. The fraction of sp³-hybridized carbons (Fsp3) is 0.429. The minimum Gasteiger partial charge on any atom is -0.426 e. The Morgan fingerprint density at radius 1 is 0.943 bits per heavy atom. The van der Waals surface area contributed by atoms with Crippen LogP contribution in [-0.4, -0.2) is 30.2 Å². The molecule has 6 rings (SSSR count). The van der Waals surface area contributed by atoms with Crippen LogP contribution in [-0.2, 0) is 25.6 Å². The maximum atomic E-state index is 13.0. The average molecular weight is 473 g/mol.